The van der Waals surface area contributed by atoms with E-state index in [0.29, 0.717) is 5.92 Å². The third-order valence-corrected chi connectivity index (χ3v) is 3.18. The van der Waals surface area contributed by atoms with E-state index < -0.39 is 0 Å². The van der Waals surface area contributed by atoms with Crippen molar-refractivity contribution in [3.05, 3.63) is 54.0 Å². The number of nitrogens with zero attached hydrogens (tertiary/aromatic N) is 3. The van der Waals surface area contributed by atoms with Crippen molar-refractivity contribution in [1.82, 2.24) is 15.3 Å². The first-order valence-electron chi connectivity index (χ1n) is 7.42. The van der Waals surface area contributed by atoms with Gasteiger partial charge in [-0.25, -0.2) is 4.98 Å². The van der Waals surface area contributed by atoms with Crippen molar-refractivity contribution in [3.8, 4) is 0 Å². The van der Waals surface area contributed by atoms with Gasteiger partial charge in [0.05, 0.1) is 5.69 Å². The van der Waals surface area contributed by atoms with E-state index in [4.69, 9.17) is 4.98 Å². The summed E-state index contributed by atoms with van der Waals surface area (Å²) in [6.45, 7) is 7.05. The number of rotatable bonds is 7. The van der Waals surface area contributed by atoms with E-state index in [1.165, 1.54) is 5.56 Å². The second-order valence-corrected chi connectivity index (χ2v) is 5.73. The fourth-order valence-electron chi connectivity index (χ4n) is 2.11. The van der Waals surface area contributed by atoms with Crippen LogP contribution in [0.25, 0.3) is 0 Å². The highest BCUT2D eigenvalue weighted by Gasteiger charge is 2.05. The normalized spacial score (nSPS) is 10.9. The Hall–Kier alpha value is -1.94. The Kier molecular flexibility index (Phi) is 5.69. The minimum atomic E-state index is 0.654. The van der Waals surface area contributed by atoms with E-state index in [1.807, 2.05) is 18.3 Å². The number of hydrogen-bond acceptors (Lipinski definition) is 4. The van der Waals surface area contributed by atoms with Gasteiger partial charge in [-0.1, -0.05) is 26.0 Å². The highest BCUT2D eigenvalue weighted by molar-refractivity contribution is 5.39. The highest BCUT2D eigenvalue weighted by Crippen LogP contribution is 2.13. The average Bonchev–Trinajstić information content (AvgIpc) is 2.48. The van der Waals surface area contributed by atoms with E-state index >= 15 is 0 Å². The minimum Gasteiger partial charge on any atom is -0.355 e. The summed E-state index contributed by atoms with van der Waals surface area (Å²) in [6, 6.07) is 10.2. The molecule has 1 N–H and O–H groups in total. The van der Waals surface area contributed by atoms with Crippen LogP contribution >= 0.6 is 0 Å². The van der Waals surface area contributed by atoms with Crippen molar-refractivity contribution in [1.29, 1.82) is 0 Å². The molecule has 0 spiro atoms. The molecule has 2 aromatic heterocycles. The van der Waals surface area contributed by atoms with Gasteiger partial charge in [-0.3, -0.25) is 4.98 Å². The van der Waals surface area contributed by atoms with Crippen LogP contribution in [0, 0.1) is 5.92 Å². The number of nitrogens with one attached hydrogen (secondary N) is 1. The average molecular weight is 284 g/mol. The lowest BCUT2D eigenvalue weighted by atomic mass is 10.2. The molecule has 0 fully saturated rings. The Labute approximate surface area is 127 Å². The molecule has 0 amide bonds. The van der Waals surface area contributed by atoms with Gasteiger partial charge in [0.1, 0.15) is 5.82 Å². The van der Waals surface area contributed by atoms with Crippen molar-refractivity contribution < 1.29 is 0 Å². The van der Waals surface area contributed by atoms with Crippen LogP contribution in [0.15, 0.2) is 42.7 Å². The van der Waals surface area contributed by atoms with Gasteiger partial charge in [0.2, 0.25) is 0 Å². The summed E-state index contributed by atoms with van der Waals surface area (Å²) in [5.74, 6) is 1.64. The van der Waals surface area contributed by atoms with Crippen LogP contribution in [0.3, 0.4) is 0 Å². The van der Waals surface area contributed by atoms with Gasteiger partial charge >= 0.3 is 0 Å². The molecular weight excluding hydrogens is 260 g/mol. The van der Waals surface area contributed by atoms with Crippen LogP contribution in [0.1, 0.15) is 25.1 Å². The van der Waals surface area contributed by atoms with Crippen molar-refractivity contribution in [2.75, 3.05) is 18.5 Å². The monoisotopic (exact) mass is 284 g/mol. The first-order chi connectivity index (χ1) is 10.1. The fourth-order valence-corrected chi connectivity index (χ4v) is 2.11. The van der Waals surface area contributed by atoms with Gasteiger partial charge in [-0.05, 0) is 36.2 Å². The fraction of sp³-hybridized carbons (Fsp3) is 0.412. The van der Waals surface area contributed by atoms with Gasteiger partial charge in [-0.2, -0.15) is 0 Å². The zero-order chi connectivity index (χ0) is 15.1. The molecule has 0 saturated carbocycles. The third kappa shape index (κ3) is 5.16. The zero-order valence-corrected chi connectivity index (χ0v) is 13.1. The number of hydrogen-bond donors (Lipinski definition) is 1. The van der Waals surface area contributed by atoms with E-state index in [1.54, 1.807) is 6.20 Å². The minimum absolute atomic E-state index is 0.654. The molecule has 0 saturated heterocycles. The standard InChI is InChI=1S/C17H24N4/c1-14(2)10-19-12-16-7-4-8-17(20-16)21(3)13-15-6-5-9-18-11-15/h4-9,11,14,19H,10,12-13H2,1-3H3. The predicted octanol–water partition coefficient (Wildman–Crippen LogP) is 2.86. The number of anilines is 1. The Balaban J connectivity index is 1.96. The Morgan fingerprint density at radius 3 is 2.76 bits per heavy atom. The first kappa shape index (κ1) is 15.4. The summed E-state index contributed by atoms with van der Waals surface area (Å²) >= 11 is 0. The molecule has 0 aliphatic heterocycles. The molecule has 0 aliphatic rings. The van der Waals surface area contributed by atoms with Crippen molar-refractivity contribution in [2.45, 2.75) is 26.9 Å². The molecule has 0 unspecified atom stereocenters. The molecule has 2 heterocycles. The van der Waals surface area contributed by atoms with Crippen molar-refractivity contribution in [2.24, 2.45) is 5.92 Å². The SMILES string of the molecule is CC(C)CNCc1cccc(N(C)Cc2cccnc2)n1. The largest absolute Gasteiger partial charge is 0.355 e. The van der Waals surface area contributed by atoms with Crippen LogP contribution in [-0.4, -0.2) is 23.6 Å². The van der Waals surface area contributed by atoms with Gasteiger partial charge < -0.3 is 10.2 Å². The van der Waals surface area contributed by atoms with E-state index in [-0.39, 0.29) is 0 Å². The lowest BCUT2D eigenvalue weighted by Gasteiger charge is -2.19. The number of pyridine rings is 2. The van der Waals surface area contributed by atoms with Gasteiger partial charge in [0.25, 0.3) is 0 Å². The summed E-state index contributed by atoms with van der Waals surface area (Å²) in [7, 11) is 2.06. The summed E-state index contributed by atoms with van der Waals surface area (Å²) in [4.78, 5) is 11.0. The molecule has 4 heteroatoms. The zero-order valence-electron chi connectivity index (χ0n) is 13.1. The molecule has 0 bridgehead atoms. The van der Waals surface area contributed by atoms with Gasteiger partial charge in [0, 0.05) is 32.5 Å². The lowest BCUT2D eigenvalue weighted by molar-refractivity contribution is 0.548. The second-order valence-electron chi connectivity index (χ2n) is 5.73. The highest BCUT2D eigenvalue weighted by atomic mass is 15.2. The summed E-state index contributed by atoms with van der Waals surface area (Å²) in [5.41, 5.74) is 2.26. The molecule has 0 radical (unpaired) electrons. The molecule has 0 aromatic carbocycles. The maximum Gasteiger partial charge on any atom is 0.128 e. The summed E-state index contributed by atoms with van der Waals surface area (Å²) in [5, 5.41) is 3.43. The molecule has 21 heavy (non-hydrogen) atoms. The van der Waals surface area contributed by atoms with E-state index in [0.717, 1.165) is 31.1 Å². The van der Waals surface area contributed by atoms with Gasteiger partial charge in [-0.15, -0.1) is 0 Å². The summed E-state index contributed by atoms with van der Waals surface area (Å²) < 4.78 is 0. The molecule has 0 atom stereocenters. The molecule has 2 aromatic rings. The molecule has 0 aliphatic carbocycles. The predicted molar refractivity (Wildman–Crippen MR) is 87.1 cm³/mol. The number of aromatic nitrogens is 2. The van der Waals surface area contributed by atoms with E-state index in [9.17, 15) is 0 Å². The van der Waals surface area contributed by atoms with Crippen LogP contribution in [0.5, 0.6) is 0 Å². The van der Waals surface area contributed by atoms with Gasteiger partial charge in [0.15, 0.2) is 0 Å². The lowest BCUT2D eigenvalue weighted by Crippen LogP contribution is -2.21. The first-order valence-corrected chi connectivity index (χ1v) is 7.42. The second kappa shape index (κ2) is 7.74. The smallest absolute Gasteiger partial charge is 0.128 e. The topological polar surface area (TPSA) is 41.0 Å². The van der Waals surface area contributed by atoms with Crippen LogP contribution in [0.4, 0.5) is 5.82 Å². The van der Waals surface area contributed by atoms with Crippen molar-refractivity contribution >= 4 is 5.82 Å². The molecule has 2 rings (SSSR count). The van der Waals surface area contributed by atoms with Crippen LogP contribution in [0.2, 0.25) is 0 Å². The Morgan fingerprint density at radius 1 is 1.19 bits per heavy atom. The van der Waals surface area contributed by atoms with Crippen LogP contribution < -0.4 is 10.2 Å². The Bertz CT molecular complexity index is 539. The van der Waals surface area contributed by atoms with E-state index in [2.05, 4.69) is 54.3 Å². The quantitative estimate of drug-likeness (QED) is 0.849. The molecular formula is C17H24N4. The summed E-state index contributed by atoms with van der Waals surface area (Å²) in [6.07, 6.45) is 3.69. The maximum atomic E-state index is 4.71. The third-order valence-electron chi connectivity index (χ3n) is 3.18. The Morgan fingerprint density at radius 2 is 2.05 bits per heavy atom. The maximum absolute atomic E-state index is 4.71. The van der Waals surface area contributed by atoms with Crippen LogP contribution in [-0.2, 0) is 13.1 Å². The van der Waals surface area contributed by atoms with Crippen molar-refractivity contribution in [3.63, 3.8) is 0 Å². The molecule has 112 valence electrons. The molecule has 4 nitrogen and oxygen atoms in total.